The summed E-state index contributed by atoms with van der Waals surface area (Å²) in [6.45, 7) is 4.06. The van der Waals surface area contributed by atoms with E-state index in [0.717, 1.165) is 17.7 Å². The van der Waals surface area contributed by atoms with Gasteiger partial charge in [-0.05, 0) is 67.9 Å². The van der Waals surface area contributed by atoms with Gasteiger partial charge in [-0.2, -0.15) is 31.4 Å². The summed E-state index contributed by atoms with van der Waals surface area (Å²) < 4.78 is 93.3. The lowest BCUT2D eigenvalue weighted by atomic mass is 9.82. The van der Waals surface area contributed by atoms with Crippen molar-refractivity contribution in [2.24, 2.45) is 11.0 Å². The maximum atomic E-state index is 13.8. The van der Waals surface area contributed by atoms with Crippen molar-refractivity contribution in [3.63, 3.8) is 0 Å². The van der Waals surface area contributed by atoms with E-state index in [1.54, 1.807) is 33.4 Å². The molecule has 1 saturated carbocycles. The van der Waals surface area contributed by atoms with E-state index >= 15 is 0 Å². The summed E-state index contributed by atoms with van der Waals surface area (Å²) in [5, 5.41) is 5.99. The minimum Gasteiger partial charge on any atom is -0.469 e. The molecule has 5 rings (SSSR count). The number of aromatic nitrogens is 2. The number of likely N-dealkylation sites (N-methyl/N-ethyl adjacent to an activating group) is 1. The van der Waals surface area contributed by atoms with Crippen LogP contribution in [0, 0.1) is 5.92 Å². The molecule has 0 bridgehead atoms. The summed E-state index contributed by atoms with van der Waals surface area (Å²) in [7, 11) is 3.12. The van der Waals surface area contributed by atoms with Gasteiger partial charge in [0, 0.05) is 62.8 Å². The van der Waals surface area contributed by atoms with Gasteiger partial charge in [0.1, 0.15) is 6.10 Å². The fourth-order valence-corrected chi connectivity index (χ4v) is 6.86. The number of hydrogen-bond donors (Lipinski definition) is 0. The number of ether oxygens (including phenoxy) is 2. The number of esters is 1. The molecule has 49 heavy (non-hydrogen) atoms. The molecular weight excluding hydrogens is 658 g/mol. The molecule has 2 aromatic rings. The van der Waals surface area contributed by atoms with Crippen LogP contribution in [0.25, 0.3) is 0 Å². The number of likely N-dealkylation sites (tertiary alicyclic amines) is 1. The van der Waals surface area contributed by atoms with E-state index in [9.17, 15) is 35.9 Å². The molecule has 2 aliphatic heterocycles. The number of halogens is 6. The zero-order valence-corrected chi connectivity index (χ0v) is 27.7. The highest BCUT2D eigenvalue weighted by molar-refractivity contribution is 5.74. The summed E-state index contributed by atoms with van der Waals surface area (Å²) in [5.74, 6) is -0.611. The Morgan fingerprint density at radius 2 is 1.49 bits per heavy atom. The van der Waals surface area contributed by atoms with Crippen LogP contribution in [-0.4, -0.2) is 83.1 Å². The van der Waals surface area contributed by atoms with Crippen molar-refractivity contribution in [3.05, 3.63) is 52.8 Å². The third-order valence-electron chi connectivity index (χ3n) is 9.61. The number of hydrazone groups is 1. The lowest BCUT2D eigenvalue weighted by molar-refractivity contribution is -0.153. The van der Waals surface area contributed by atoms with Crippen LogP contribution in [0.4, 0.5) is 37.1 Å². The predicted molar refractivity (Wildman–Crippen MR) is 167 cm³/mol. The first-order chi connectivity index (χ1) is 23.1. The zero-order valence-electron chi connectivity index (χ0n) is 27.7. The third kappa shape index (κ3) is 8.20. The summed E-state index contributed by atoms with van der Waals surface area (Å²) >= 11 is 0. The van der Waals surface area contributed by atoms with Crippen molar-refractivity contribution in [1.29, 1.82) is 0 Å². The number of piperidine rings is 1. The zero-order chi connectivity index (χ0) is 35.7. The quantitative estimate of drug-likeness (QED) is 0.212. The number of methoxy groups -OCH3 is 1. The number of benzene rings is 1. The Balaban J connectivity index is 1.44. The number of alkyl halides is 6. The van der Waals surface area contributed by atoms with Gasteiger partial charge in [-0.15, -0.1) is 0 Å². The molecule has 1 amide bonds. The van der Waals surface area contributed by atoms with E-state index < -0.39 is 41.7 Å². The highest BCUT2D eigenvalue weighted by Crippen LogP contribution is 2.39. The fourth-order valence-electron chi connectivity index (χ4n) is 6.86. The highest BCUT2D eigenvalue weighted by Gasteiger charge is 2.44. The number of rotatable bonds is 9. The standard InChI is InChI=1S/C33H40F6N6O4/c1-5-25-12-27(13-26(6-2)45(25)31(47)49-28-9-20(10-28)29(46)48-4)44(30-40-14-21(15-41-30)22-16-42-43(3)18-22)17-19-7-23(32(34,35)36)11-24(8-19)33(37,38)39/h7-8,11,14-16,20,22,25-28H,5-6,9-10,12-13,17-18H2,1-4H3/t20-,22?,25-,26+,27+,28-. The highest BCUT2D eigenvalue weighted by atomic mass is 19.4. The van der Waals surface area contributed by atoms with Crippen LogP contribution in [0.15, 0.2) is 35.7 Å². The Bertz CT molecular complexity index is 1470. The number of anilines is 1. The molecule has 2 fully saturated rings. The van der Waals surface area contributed by atoms with Gasteiger partial charge in [-0.1, -0.05) is 13.8 Å². The number of amides is 1. The van der Waals surface area contributed by atoms with Crippen LogP contribution in [0.3, 0.4) is 0 Å². The molecule has 10 nitrogen and oxygen atoms in total. The van der Waals surface area contributed by atoms with Gasteiger partial charge in [-0.25, -0.2) is 14.8 Å². The molecule has 3 heterocycles. The van der Waals surface area contributed by atoms with Crippen LogP contribution < -0.4 is 4.90 Å². The molecule has 0 spiro atoms. The largest absolute Gasteiger partial charge is 0.469 e. The molecule has 1 aromatic carbocycles. The Kier molecular flexibility index (Phi) is 10.6. The van der Waals surface area contributed by atoms with E-state index in [4.69, 9.17) is 9.47 Å². The van der Waals surface area contributed by atoms with Crippen LogP contribution >= 0.6 is 0 Å². The SMILES string of the molecule is CC[C@@H]1C[C@H](N(Cc2cc(C(F)(F)F)cc(C(F)(F)F)c2)c2ncc(C3C=NN(C)C3)cn2)C[C@H](CC)N1C(=O)O[C@H]1C[C@H](C(=O)OC)C1. The summed E-state index contributed by atoms with van der Waals surface area (Å²) in [4.78, 5) is 37.7. The van der Waals surface area contributed by atoms with Crippen molar-refractivity contribution in [1.82, 2.24) is 19.9 Å². The van der Waals surface area contributed by atoms with Gasteiger partial charge < -0.3 is 19.3 Å². The monoisotopic (exact) mass is 698 g/mol. The Morgan fingerprint density at radius 3 is 1.96 bits per heavy atom. The average Bonchev–Trinajstić information content (AvgIpc) is 3.49. The van der Waals surface area contributed by atoms with Gasteiger partial charge in [0.2, 0.25) is 5.95 Å². The van der Waals surface area contributed by atoms with E-state index in [1.165, 1.54) is 7.11 Å². The van der Waals surface area contributed by atoms with E-state index in [1.807, 2.05) is 20.9 Å². The molecule has 0 radical (unpaired) electrons. The summed E-state index contributed by atoms with van der Waals surface area (Å²) in [6.07, 6.45) is -3.56. The van der Waals surface area contributed by atoms with E-state index in [2.05, 4.69) is 15.1 Å². The smallest absolute Gasteiger partial charge is 0.416 e. The number of carbonyl (C=O) groups excluding carboxylic acids is 2. The van der Waals surface area contributed by atoms with Gasteiger partial charge in [0.05, 0.1) is 24.2 Å². The first-order valence-electron chi connectivity index (χ1n) is 16.3. The molecule has 1 saturated heterocycles. The Morgan fingerprint density at radius 1 is 0.918 bits per heavy atom. The maximum Gasteiger partial charge on any atom is 0.416 e. The van der Waals surface area contributed by atoms with Crippen LogP contribution in [-0.2, 0) is 33.2 Å². The van der Waals surface area contributed by atoms with Crippen LogP contribution in [0.5, 0.6) is 0 Å². The van der Waals surface area contributed by atoms with Crippen molar-refractivity contribution < 1.29 is 45.4 Å². The topological polar surface area (TPSA) is 100 Å². The fraction of sp³-hybridized carbons (Fsp3) is 0.606. The molecule has 3 aliphatic rings. The van der Waals surface area contributed by atoms with Crippen molar-refractivity contribution >= 4 is 24.2 Å². The molecule has 0 N–H and O–H groups in total. The number of hydrogen-bond acceptors (Lipinski definition) is 9. The van der Waals surface area contributed by atoms with Crippen molar-refractivity contribution in [2.75, 3.05) is 25.6 Å². The first-order valence-corrected chi connectivity index (χ1v) is 16.3. The first kappa shape index (κ1) is 36.2. The number of nitrogens with zero attached hydrogens (tertiary/aromatic N) is 6. The van der Waals surface area contributed by atoms with E-state index in [0.29, 0.717) is 45.1 Å². The molecule has 1 aromatic heterocycles. The second-order valence-corrected chi connectivity index (χ2v) is 12.9. The normalized spacial score (nSPS) is 25.6. The third-order valence-corrected chi connectivity index (χ3v) is 9.61. The maximum absolute atomic E-state index is 13.8. The van der Waals surface area contributed by atoms with Gasteiger partial charge in [0.15, 0.2) is 0 Å². The van der Waals surface area contributed by atoms with Gasteiger partial charge in [0.25, 0.3) is 0 Å². The molecule has 16 heteroatoms. The minimum atomic E-state index is -5.00. The Labute approximate surface area is 280 Å². The minimum absolute atomic E-state index is 0.0768. The van der Waals surface area contributed by atoms with Gasteiger partial charge >= 0.3 is 24.4 Å². The summed E-state index contributed by atoms with van der Waals surface area (Å²) in [5.41, 5.74) is -2.25. The predicted octanol–water partition coefficient (Wildman–Crippen LogP) is 6.65. The molecular formula is C33H40F6N6O4. The van der Waals surface area contributed by atoms with Crippen molar-refractivity contribution in [3.8, 4) is 0 Å². The van der Waals surface area contributed by atoms with Crippen LogP contribution in [0.2, 0.25) is 0 Å². The molecule has 268 valence electrons. The second kappa shape index (κ2) is 14.4. The molecule has 4 atom stereocenters. The number of carbonyl (C=O) groups is 2. The molecule has 1 aliphatic carbocycles. The lowest BCUT2D eigenvalue weighted by Gasteiger charge is -2.48. The summed E-state index contributed by atoms with van der Waals surface area (Å²) in [6, 6.07) is 0.407. The van der Waals surface area contributed by atoms with E-state index in [-0.39, 0.29) is 54.0 Å². The molecule has 1 unspecified atom stereocenters. The second-order valence-electron chi connectivity index (χ2n) is 12.9. The lowest BCUT2D eigenvalue weighted by Crippen LogP contribution is -2.57. The van der Waals surface area contributed by atoms with Gasteiger partial charge in [-0.3, -0.25) is 9.80 Å². The Hall–Kier alpha value is -4.11. The van der Waals surface area contributed by atoms with Crippen LogP contribution in [0.1, 0.15) is 80.5 Å². The average molecular weight is 699 g/mol. The van der Waals surface area contributed by atoms with Crippen molar-refractivity contribution in [2.45, 2.75) is 101 Å².